The molecule has 1 aromatic carbocycles. The Morgan fingerprint density at radius 2 is 2.00 bits per heavy atom. The van der Waals surface area contributed by atoms with E-state index in [-0.39, 0.29) is 24.4 Å². The Morgan fingerprint density at radius 1 is 1.26 bits per heavy atom. The second kappa shape index (κ2) is 4.87. The minimum atomic E-state index is -0.790. The van der Waals surface area contributed by atoms with Gasteiger partial charge in [0.25, 0.3) is 5.91 Å². The van der Waals surface area contributed by atoms with Gasteiger partial charge in [0.2, 0.25) is 0 Å². The minimum absolute atomic E-state index is 0.0505. The van der Waals surface area contributed by atoms with Crippen molar-refractivity contribution >= 4 is 11.9 Å². The van der Waals surface area contributed by atoms with Crippen molar-refractivity contribution in [3.05, 3.63) is 36.2 Å². The van der Waals surface area contributed by atoms with E-state index < -0.39 is 5.54 Å². The summed E-state index contributed by atoms with van der Waals surface area (Å²) in [4.78, 5) is 26.1. The molecule has 8 heteroatoms. The molecule has 4 rings (SSSR count). The molecule has 3 amide bonds. The standard InChI is InChI=1S/C15H16N6O2/c1-15(10-7-8-10)13(22)20(14(23)16-15)9-12-17-18-19-21(12)11-5-3-2-4-6-11/h2-6,10H,7-9H2,1H3,(H,16,23). The highest BCUT2D eigenvalue weighted by molar-refractivity contribution is 6.07. The summed E-state index contributed by atoms with van der Waals surface area (Å²) in [5.41, 5.74) is -0.00762. The van der Waals surface area contributed by atoms with Crippen LogP contribution in [0.1, 0.15) is 25.6 Å². The van der Waals surface area contributed by atoms with Crippen LogP contribution in [0.25, 0.3) is 5.69 Å². The van der Waals surface area contributed by atoms with Crippen LogP contribution in [0.3, 0.4) is 0 Å². The Labute approximate surface area is 132 Å². The fourth-order valence-electron chi connectivity index (χ4n) is 3.01. The molecule has 2 aliphatic rings. The van der Waals surface area contributed by atoms with E-state index in [4.69, 9.17) is 0 Å². The van der Waals surface area contributed by atoms with E-state index in [1.165, 1.54) is 9.58 Å². The Morgan fingerprint density at radius 3 is 2.70 bits per heavy atom. The zero-order valence-electron chi connectivity index (χ0n) is 12.6. The quantitative estimate of drug-likeness (QED) is 0.846. The third kappa shape index (κ3) is 2.18. The Bertz CT molecular complexity index is 769. The molecule has 1 saturated heterocycles. The summed E-state index contributed by atoms with van der Waals surface area (Å²) >= 11 is 0. The molecule has 1 aliphatic carbocycles. The van der Waals surface area contributed by atoms with Gasteiger partial charge >= 0.3 is 6.03 Å². The lowest BCUT2D eigenvalue weighted by atomic mass is 9.96. The van der Waals surface area contributed by atoms with Crippen LogP contribution >= 0.6 is 0 Å². The lowest BCUT2D eigenvalue weighted by molar-refractivity contribution is -0.131. The number of aromatic nitrogens is 4. The second-order valence-electron chi connectivity index (χ2n) is 6.14. The van der Waals surface area contributed by atoms with E-state index in [1.54, 1.807) is 6.92 Å². The van der Waals surface area contributed by atoms with Gasteiger partial charge in [0.05, 0.1) is 12.2 Å². The molecule has 2 aromatic rings. The van der Waals surface area contributed by atoms with Crippen LogP contribution in [0.5, 0.6) is 0 Å². The molecule has 1 N–H and O–H groups in total. The topological polar surface area (TPSA) is 93.0 Å². The predicted octanol–water partition coefficient (Wildman–Crippen LogP) is 0.883. The van der Waals surface area contributed by atoms with E-state index in [1.807, 2.05) is 30.3 Å². The van der Waals surface area contributed by atoms with E-state index in [2.05, 4.69) is 20.8 Å². The van der Waals surface area contributed by atoms with Crippen molar-refractivity contribution in [2.24, 2.45) is 5.92 Å². The van der Waals surface area contributed by atoms with Gasteiger partial charge in [0.15, 0.2) is 5.82 Å². The van der Waals surface area contributed by atoms with E-state index >= 15 is 0 Å². The van der Waals surface area contributed by atoms with Crippen molar-refractivity contribution in [2.75, 3.05) is 0 Å². The van der Waals surface area contributed by atoms with Crippen LogP contribution < -0.4 is 5.32 Å². The highest BCUT2D eigenvalue weighted by Gasteiger charge is 2.56. The molecule has 1 unspecified atom stereocenters. The van der Waals surface area contributed by atoms with Crippen LogP contribution in [-0.2, 0) is 11.3 Å². The normalized spacial score (nSPS) is 24.1. The first-order chi connectivity index (χ1) is 11.1. The maximum atomic E-state index is 12.7. The largest absolute Gasteiger partial charge is 0.325 e. The summed E-state index contributed by atoms with van der Waals surface area (Å²) in [6, 6.07) is 8.98. The number of urea groups is 1. The molecular weight excluding hydrogens is 296 g/mol. The van der Waals surface area contributed by atoms with Gasteiger partial charge < -0.3 is 5.32 Å². The smallest absolute Gasteiger partial charge is 0.323 e. The Balaban J connectivity index is 1.61. The highest BCUT2D eigenvalue weighted by Crippen LogP contribution is 2.42. The Hall–Kier alpha value is -2.77. The number of nitrogens with zero attached hydrogens (tertiary/aromatic N) is 5. The molecule has 2 heterocycles. The van der Waals surface area contributed by atoms with Crippen molar-refractivity contribution in [2.45, 2.75) is 31.8 Å². The zero-order valence-corrected chi connectivity index (χ0v) is 12.6. The summed E-state index contributed by atoms with van der Waals surface area (Å²) in [7, 11) is 0. The summed E-state index contributed by atoms with van der Waals surface area (Å²) in [6.07, 6.45) is 1.94. The number of carbonyl (C=O) groups is 2. The molecule has 8 nitrogen and oxygen atoms in total. The number of para-hydroxylation sites is 1. The molecule has 0 radical (unpaired) electrons. The molecule has 118 valence electrons. The van der Waals surface area contributed by atoms with Gasteiger partial charge in [-0.05, 0) is 48.2 Å². The number of nitrogens with one attached hydrogen (secondary N) is 1. The molecule has 1 saturated carbocycles. The fourth-order valence-corrected chi connectivity index (χ4v) is 3.01. The molecule has 1 aromatic heterocycles. The van der Waals surface area contributed by atoms with Crippen molar-refractivity contribution in [3.63, 3.8) is 0 Å². The zero-order chi connectivity index (χ0) is 16.0. The average molecular weight is 312 g/mol. The predicted molar refractivity (Wildman–Crippen MR) is 79.4 cm³/mol. The van der Waals surface area contributed by atoms with Gasteiger partial charge in [0, 0.05) is 0 Å². The summed E-state index contributed by atoms with van der Waals surface area (Å²) in [5, 5.41) is 14.4. The number of rotatable bonds is 4. The van der Waals surface area contributed by atoms with Crippen molar-refractivity contribution in [3.8, 4) is 5.69 Å². The molecule has 0 spiro atoms. The number of hydrogen-bond donors (Lipinski definition) is 1. The third-order valence-electron chi connectivity index (χ3n) is 4.53. The van der Waals surface area contributed by atoms with E-state index in [0.717, 1.165) is 18.5 Å². The van der Waals surface area contributed by atoms with Gasteiger partial charge in [-0.15, -0.1) is 5.10 Å². The van der Waals surface area contributed by atoms with Gasteiger partial charge in [-0.3, -0.25) is 9.69 Å². The lowest BCUT2D eigenvalue weighted by Crippen LogP contribution is -2.46. The lowest BCUT2D eigenvalue weighted by Gasteiger charge is -2.20. The first kappa shape index (κ1) is 13.9. The van der Waals surface area contributed by atoms with Crippen LogP contribution in [0.15, 0.2) is 30.3 Å². The number of hydrogen-bond acceptors (Lipinski definition) is 5. The molecule has 23 heavy (non-hydrogen) atoms. The fraction of sp³-hybridized carbons (Fsp3) is 0.400. The van der Waals surface area contributed by atoms with Gasteiger partial charge in [-0.25, -0.2) is 4.79 Å². The van der Waals surface area contributed by atoms with Crippen LogP contribution in [0.4, 0.5) is 4.79 Å². The van der Waals surface area contributed by atoms with Crippen molar-refractivity contribution < 1.29 is 9.59 Å². The van der Waals surface area contributed by atoms with E-state index in [0.29, 0.717) is 5.82 Å². The van der Waals surface area contributed by atoms with Gasteiger partial charge in [0.1, 0.15) is 5.54 Å². The third-order valence-corrected chi connectivity index (χ3v) is 4.53. The maximum absolute atomic E-state index is 12.7. The molecule has 2 fully saturated rings. The van der Waals surface area contributed by atoms with Crippen molar-refractivity contribution in [1.29, 1.82) is 0 Å². The molecular formula is C15H16N6O2. The average Bonchev–Trinajstić information content (AvgIpc) is 3.28. The van der Waals surface area contributed by atoms with Gasteiger partial charge in [-0.1, -0.05) is 18.2 Å². The summed E-state index contributed by atoms with van der Waals surface area (Å²) in [6.45, 7) is 1.85. The number of tetrazole rings is 1. The molecule has 1 atom stereocenters. The van der Waals surface area contributed by atoms with Crippen molar-refractivity contribution in [1.82, 2.24) is 30.4 Å². The number of imide groups is 1. The summed E-state index contributed by atoms with van der Waals surface area (Å²) in [5.74, 6) is 0.474. The van der Waals surface area contributed by atoms with Crippen LogP contribution in [0, 0.1) is 5.92 Å². The molecule has 1 aliphatic heterocycles. The highest BCUT2D eigenvalue weighted by atomic mass is 16.2. The number of carbonyl (C=O) groups excluding carboxylic acids is 2. The number of amides is 3. The first-order valence-corrected chi connectivity index (χ1v) is 7.56. The maximum Gasteiger partial charge on any atom is 0.325 e. The molecule has 0 bridgehead atoms. The Kier molecular flexibility index (Phi) is 2.93. The SMILES string of the molecule is CC1(C2CC2)NC(=O)N(Cc2nnnn2-c2ccccc2)C1=O. The van der Waals surface area contributed by atoms with Gasteiger partial charge in [-0.2, -0.15) is 4.68 Å². The monoisotopic (exact) mass is 312 g/mol. The second-order valence-corrected chi connectivity index (χ2v) is 6.14. The van der Waals surface area contributed by atoms with Crippen LogP contribution in [-0.4, -0.2) is 42.6 Å². The minimum Gasteiger partial charge on any atom is -0.323 e. The van der Waals surface area contributed by atoms with Crippen LogP contribution in [0.2, 0.25) is 0 Å². The summed E-state index contributed by atoms with van der Waals surface area (Å²) < 4.78 is 1.54. The first-order valence-electron chi connectivity index (χ1n) is 7.56. The number of benzene rings is 1. The van der Waals surface area contributed by atoms with E-state index in [9.17, 15) is 9.59 Å².